The molecule has 2 saturated heterocycles. The molecule has 2 aliphatic heterocycles. The van der Waals surface area contributed by atoms with E-state index in [9.17, 15) is 22.0 Å². The molecule has 8 nitrogen and oxygen atoms in total. The fourth-order valence-corrected chi connectivity index (χ4v) is 4.50. The second kappa shape index (κ2) is 8.60. The summed E-state index contributed by atoms with van der Waals surface area (Å²) in [7, 11) is 0. The number of rotatable bonds is 4. The lowest BCUT2D eigenvalue weighted by atomic mass is 9.89. The summed E-state index contributed by atoms with van der Waals surface area (Å²) in [5, 5.41) is 3.95. The van der Waals surface area contributed by atoms with Gasteiger partial charge in [-0.15, -0.1) is 0 Å². The summed E-state index contributed by atoms with van der Waals surface area (Å²) in [5.74, 6) is 0.842. The third-order valence-electron chi connectivity index (χ3n) is 6.24. The summed E-state index contributed by atoms with van der Waals surface area (Å²) in [5.41, 5.74) is -0.667. The van der Waals surface area contributed by atoms with Crippen LogP contribution in [0.4, 0.5) is 33.6 Å². The molecule has 0 aliphatic carbocycles. The fourth-order valence-electron chi connectivity index (χ4n) is 4.50. The van der Waals surface area contributed by atoms with E-state index >= 15 is 0 Å². The minimum atomic E-state index is -4.49. The van der Waals surface area contributed by atoms with E-state index in [0.717, 1.165) is 10.7 Å². The summed E-state index contributed by atoms with van der Waals surface area (Å²) >= 11 is 0. The first-order chi connectivity index (χ1) is 16.2. The summed E-state index contributed by atoms with van der Waals surface area (Å²) < 4.78 is 72.1. The van der Waals surface area contributed by atoms with Gasteiger partial charge < -0.3 is 14.5 Å². The number of anilines is 2. The van der Waals surface area contributed by atoms with Crippen molar-refractivity contribution in [3.63, 3.8) is 0 Å². The zero-order valence-electron chi connectivity index (χ0n) is 18.0. The largest absolute Gasteiger partial charge is 0.433 e. The Hall–Kier alpha value is -3.09. The van der Waals surface area contributed by atoms with Crippen LogP contribution in [-0.4, -0.2) is 69.5 Å². The van der Waals surface area contributed by atoms with E-state index in [2.05, 4.69) is 20.1 Å². The third-order valence-corrected chi connectivity index (χ3v) is 6.24. The zero-order chi connectivity index (χ0) is 23.9. The molecule has 182 valence electrons. The van der Waals surface area contributed by atoms with Crippen molar-refractivity contribution >= 4 is 22.8 Å². The number of aromatic nitrogens is 5. The predicted molar refractivity (Wildman–Crippen MR) is 113 cm³/mol. The highest BCUT2D eigenvalue weighted by Crippen LogP contribution is 2.34. The van der Waals surface area contributed by atoms with E-state index in [0.29, 0.717) is 68.4 Å². The van der Waals surface area contributed by atoms with Crippen LogP contribution in [0.15, 0.2) is 30.6 Å². The molecular weight excluding hydrogens is 461 g/mol. The SMILES string of the molecule is FC(F)Cn1ncc2ncc(N3CCOC4(CCN(c5cccc(C(F)(F)F)n5)CC4)C3)nc21. The van der Waals surface area contributed by atoms with Crippen molar-refractivity contribution in [2.75, 3.05) is 42.6 Å². The summed E-state index contributed by atoms with van der Waals surface area (Å²) in [6.07, 6.45) is -2.85. The van der Waals surface area contributed by atoms with Gasteiger partial charge in [-0.2, -0.15) is 18.3 Å². The van der Waals surface area contributed by atoms with E-state index in [4.69, 9.17) is 4.74 Å². The highest BCUT2D eigenvalue weighted by molar-refractivity contribution is 5.71. The quantitative estimate of drug-likeness (QED) is 0.527. The van der Waals surface area contributed by atoms with Crippen molar-refractivity contribution < 1.29 is 26.7 Å². The van der Waals surface area contributed by atoms with Gasteiger partial charge in [0.2, 0.25) is 0 Å². The molecule has 0 aromatic carbocycles. The number of alkyl halides is 5. The number of morpholine rings is 1. The number of halogens is 5. The molecule has 0 bridgehead atoms. The van der Waals surface area contributed by atoms with Crippen molar-refractivity contribution in [3.05, 3.63) is 36.3 Å². The van der Waals surface area contributed by atoms with Gasteiger partial charge in [0, 0.05) is 26.2 Å². The molecular formula is C21H22F5N7O. The lowest BCUT2D eigenvalue weighted by Crippen LogP contribution is -2.57. The predicted octanol–water partition coefficient (Wildman–Crippen LogP) is 3.38. The standard InChI is InChI=1S/C21H22F5N7O/c22-16(23)12-33-19-14(10-28-33)27-11-18(30-19)32-8-9-34-20(13-32)4-6-31(7-5-20)17-3-1-2-15(29-17)21(24,25)26/h1-3,10-11,16H,4-9,12-13H2. The van der Waals surface area contributed by atoms with Crippen LogP contribution in [0.25, 0.3) is 11.2 Å². The number of hydrogen-bond donors (Lipinski definition) is 0. The molecule has 0 N–H and O–H groups in total. The normalized spacial score (nSPS) is 18.9. The highest BCUT2D eigenvalue weighted by atomic mass is 19.4. The molecule has 2 aliphatic rings. The molecule has 3 aromatic rings. The number of hydrogen-bond acceptors (Lipinski definition) is 7. The van der Waals surface area contributed by atoms with Crippen LogP contribution < -0.4 is 9.80 Å². The summed E-state index contributed by atoms with van der Waals surface area (Å²) in [4.78, 5) is 16.5. The van der Waals surface area contributed by atoms with Crippen molar-refractivity contribution in [2.24, 2.45) is 0 Å². The van der Waals surface area contributed by atoms with Gasteiger partial charge >= 0.3 is 6.18 Å². The summed E-state index contributed by atoms with van der Waals surface area (Å²) in [6, 6.07) is 3.90. The van der Waals surface area contributed by atoms with E-state index in [1.165, 1.54) is 12.3 Å². The van der Waals surface area contributed by atoms with Gasteiger partial charge in [-0.05, 0) is 25.0 Å². The first kappa shape index (κ1) is 22.7. The topological polar surface area (TPSA) is 72.2 Å². The molecule has 34 heavy (non-hydrogen) atoms. The van der Waals surface area contributed by atoms with Crippen LogP contribution in [-0.2, 0) is 17.5 Å². The van der Waals surface area contributed by atoms with Crippen molar-refractivity contribution in [2.45, 2.75) is 37.6 Å². The lowest BCUT2D eigenvalue weighted by Gasteiger charge is -2.47. The average molecular weight is 483 g/mol. The van der Waals surface area contributed by atoms with E-state index < -0.39 is 30.4 Å². The molecule has 0 saturated carbocycles. The Labute approximate surface area is 191 Å². The van der Waals surface area contributed by atoms with Gasteiger partial charge in [0.1, 0.15) is 29.4 Å². The number of piperidine rings is 1. The maximum Gasteiger partial charge on any atom is 0.433 e. The van der Waals surface area contributed by atoms with Crippen LogP contribution in [0.3, 0.4) is 0 Å². The van der Waals surface area contributed by atoms with Gasteiger partial charge in [-0.3, -0.25) is 0 Å². The molecule has 13 heteroatoms. The van der Waals surface area contributed by atoms with E-state index in [1.54, 1.807) is 12.3 Å². The Kier molecular flexibility index (Phi) is 5.74. The first-order valence-electron chi connectivity index (χ1n) is 10.9. The molecule has 2 fully saturated rings. The Morgan fingerprint density at radius 1 is 1.00 bits per heavy atom. The van der Waals surface area contributed by atoms with Gasteiger partial charge in [0.05, 0.1) is 24.6 Å². The second-order valence-electron chi connectivity index (χ2n) is 8.47. The maximum absolute atomic E-state index is 13.0. The number of nitrogens with zero attached hydrogens (tertiary/aromatic N) is 7. The Morgan fingerprint density at radius 3 is 2.53 bits per heavy atom. The lowest BCUT2D eigenvalue weighted by molar-refractivity contribution is -0.141. The van der Waals surface area contributed by atoms with Crippen molar-refractivity contribution in [1.29, 1.82) is 0 Å². The average Bonchev–Trinajstić information content (AvgIpc) is 3.20. The zero-order valence-corrected chi connectivity index (χ0v) is 18.0. The molecule has 0 radical (unpaired) electrons. The fraction of sp³-hybridized carbons (Fsp3) is 0.524. The molecule has 0 unspecified atom stereocenters. The minimum absolute atomic E-state index is 0.293. The molecule has 0 amide bonds. The first-order valence-corrected chi connectivity index (χ1v) is 10.9. The monoisotopic (exact) mass is 483 g/mol. The van der Waals surface area contributed by atoms with E-state index in [1.807, 2.05) is 9.80 Å². The Balaban J connectivity index is 1.30. The van der Waals surface area contributed by atoms with Crippen molar-refractivity contribution in [1.82, 2.24) is 24.7 Å². The molecule has 0 atom stereocenters. The smallest absolute Gasteiger partial charge is 0.371 e. The highest BCUT2D eigenvalue weighted by Gasteiger charge is 2.41. The van der Waals surface area contributed by atoms with Crippen LogP contribution in [0, 0.1) is 0 Å². The van der Waals surface area contributed by atoms with Crippen LogP contribution >= 0.6 is 0 Å². The molecule has 1 spiro atoms. The third kappa shape index (κ3) is 4.48. The molecule has 5 heterocycles. The van der Waals surface area contributed by atoms with Crippen molar-refractivity contribution in [3.8, 4) is 0 Å². The number of pyridine rings is 1. The molecule has 3 aromatic heterocycles. The number of fused-ring (bicyclic) bond motifs is 1. The number of ether oxygens (including phenoxy) is 1. The minimum Gasteiger partial charge on any atom is -0.371 e. The van der Waals surface area contributed by atoms with Crippen LogP contribution in [0.1, 0.15) is 18.5 Å². The summed E-state index contributed by atoms with van der Waals surface area (Å²) in [6.45, 7) is 1.94. The van der Waals surface area contributed by atoms with Gasteiger partial charge in [0.15, 0.2) is 5.65 Å². The van der Waals surface area contributed by atoms with Gasteiger partial charge in [-0.25, -0.2) is 28.4 Å². The van der Waals surface area contributed by atoms with Crippen LogP contribution in [0.5, 0.6) is 0 Å². The van der Waals surface area contributed by atoms with Gasteiger partial charge in [0.25, 0.3) is 6.43 Å². The Morgan fingerprint density at radius 2 is 1.79 bits per heavy atom. The molecule has 5 rings (SSSR count). The maximum atomic E-state index is 13.0. The second-order valence-corrected chi connectivity index (χ2v) is 8.47. The Bertz CT molecular complexity index is 1160. The van der Waals surface area contributed by atoms with E-state index in [-0.39, 0.29) is 0 Å². The van der Waals surface area contributed by atoms with Crippen LogP contribution in [0.2, 0.25) is 0 Å². The van der Waals surface area contributed by atoms with Gasteiger partial charge in [-0.1, -0.05) is 6.07 Å².